The molecule has 0 bridgehead atoms. The maximum Gasteiger partial charge on any atom is 0.272 e. The summed E-state index contributed by atoms with van der Waals surface area (Å²) in [6.07, 6.45) is 8.28. The lowest BCUT2D eigenvalue weighted by molar-refractivity contribution is -0.384. The third-order valence-electron chi connectivity index (χ3n) is 3.62. The molecule has 0 aliphatic rings. The van der Waals surface area contributed by atoms with Crippen molar-refractivity contribution in [3.05, 3.63) is 74.0 Å². The molecule has 0 unspecified atom stereocenters. The second-order valence-electron chi connectivity index (χ2n) is 5.42. The zero-order valence-corrected chi connectivity index (χ0v) is 15.4. The van der Waals surface area contributed by atoms with Crippen molar-refractivity contribution in [3.63, 3.8) is 0 Å². The van der Waals surface area contributed by atoms with Gasteiger partial charge in [-0.05, 0) is 42.0 Å². The molecular weight excluding hydrogens is 386 g/mol. The first kappa shape index (κ1) is 18.6. The highest BCUT2D eigenvalue weighted by molar-refractivity contribution is 7.16. The second-order valence-corrected chi connectivity index (χ2v) is 6.86. The lowest BCUT2D eigenvalue weighted by Gasteiger charge is -1.99. The van der Waals surface area contributed by atoms with Gasteiger partial charge in [0, 0.05) is 23.2 Å². The van der Waals surface area contributed by atoms with E-state index in [0.717, 1.165) is 10.2 Å². The highest BCUT2D eigenvalue weighted by Crippen LogP contribution is 2.21. The Labute approximate surface area is 163 Å². The van der Waals surface area contributed by atoms with Crippen molar-refractivity contribution in [2.75, 3.05) is 0 Å². The molecule has 1 amide bonds. The van der Waals surface area contributed by atoms with Crippen LogP contribution >= 0.6 is 22.9 Å². The lowest BCUT2D eigenvalue weighted by atomic mass is 10.2. The number of fused-ring (bicyclic) bond motifs is 1. The number of aromatic nitrogens is 1. The van der Waals surface area contributed by atoms with Crippen LogP contribution in [0.25, 0.3) is 16.3 Å². The zero-order chi connectivity index (χ0) is 19.4. The van der Waals surface area contributed by atoms with Crippen molar-refractivity contribution in [2.24, 2.45) is 4.99 Å². The maximum absolute atomic E-state index is 12.2. The van der Waals surface area contributed by atoms with E-state index in [2.05, 4.69) is 10.9 Å². The summed E-state index contributed by atoms with van der Waals surface area (Å²) in [4.78, 5) is 27.0. The average molecular weight is 398 g/mol. The number of amides is 1. The fourth-order valence-corrected chi connectivity index (χ4v) is 3.69. The first-order valence-corrected chi connectivity index (χ1v) is 8.91. The number of halogens is 1. The molecular formula is C19H12ClN3O3S. The number of non-ortho nitro benzene ring substituents is 1. The van der Waals surface area contributed by atoms with Gasteiger partial charge in [0.05, 0.1) is 21.7 Å². The summed E-state index contributed by atoms with van der Waals surface area (Å²) >= 11 is 7.34. The van der Waals surface area contributed by atoms with E-state index in [0.29, 0.717) is 15.4 Å². The predicted octanol–water partition coefficient (Wildman–Crippen LogP) is 4.04. The SMILES string of the molecule is C#CCn1c(=NC(=O)C=Cc2ccc([N+](=O)[O-])cc2)sc2cc(Cl)ccc21. The van der Waals surface area contributed by atoms with E-state index in [4.69, 9.17) is 18.0 Å². The number of carbonyl (C=O) groups is 1. The summed E-state index contributed by atoms with van der Waals surface area (Å²) in [6.45, 7) is 0.278. The van der Waals surface area contributed by atoms with Gasteiger partial charge in [-0.15, -0.1) is 6.42 Å². The normalized spacial score (nSPS) is 11.8. The molecule has 134 valence electrons. The van der Waals surface area contributed by atoms with Crippen molar-refractivity contribution in [1.82, 2.24) is 4.57 Å². The van der Waals surface area contributed by atoms with Crippen molar-refractivity contribution < 1.29 is 9.72 Å². The molecule has 0 atom stereocenters. The van der Waals surface area contributed by atoms with Crippen LogP contribution in [0.4, 0.5) is 5.69 Å². The highest BCUT2D eigenvalue weighted by Gasteiger charge is 2.07. The lowest BCUT2D eigenvalue weighted by Crippen LogP contribution is -2.15. The van der Waals surface area contributed by atoms with Crippen LogP contribution in [0, 0.1) is 22.5 Å². The van der Waals surface area contributed by atoms with Gasteiger partial charge in [0.1, 0.15) is 0 Å². The standard InChI is InChI=1S/C19H12ClN3O3S/c1-2-11-22-16-9-6-14(20)12-17(16)27-19(22)21-18(24)10-5-13-3-7-15(8-4-13)23(25)26/h1,3-10,12H,11H2. The van der Waals surface area contributed by atoms with Gasteiger partial charge in [0.2, 0.25) is 0 Å². The fourth-order valence-electron chi connectivity index (χ4n) is 2.38. The quantitative estimate of drug-likeness (QED) is 0.288. The molecule has 1 heterocycles. The molecule has 6 nitrogen and oxygen atoms in total. The summed E-state index contributed by atoms with van der Waals surface area (Å²) < 4.78 is 2.65. The van der Waals surface area contributed by atoms with E-state index in [1.165, 1.54) is 29.5 Å². The van der Waals surface area contributed by atoms with Crippen molar-refractivity contribution in [1.29, 1.82) is 0 Å². The third-order valence-corrected chi connectivity index (χ3v) is 4.90. The predicted molar refractivity (Wildman–Crippen MR) is 106 cm³/mol. The molecule has 8 heteroatoms. The summed E-state index contributed by atoms with van der Waals surface area (Å²) in [5.41, 5.74) is 1.50. The average Bonchev–Trinajstić information content (AvgIpc) is 2.97. The molecule has 3 aromatic rings. The van der Waals surface area contributed by atoms with Crippen LogP contribution in [0.1, 0.15) is 5.56 Å². The Balaban J connectivity index is 1.91. The number of terminal acetylenes is 1. The third kappa shape index (κ3) is 4.31. The molecule has 0 N–H and O–H groups in total. The van der Waals surface area contributed by atoms with Crippen LogP contribution in [-0.2, 0) is 11.3 Å². The Morgan fingerprint density at radius 3 is 2.74 bits per heavy atom. The molecule has 0 spiro atoms. The molecule has 27 heavy (non-hydrogen) atoms. The molecule has 0 aliphatic carbocycles. The van der Waals surface area contributed by atoms with Gasteiger partial charge in [0.15, 0.2) is 4.80 Å². The molecule has 0 radical (unpaired) electrons. The number of hydrogen-bond donors (Lipinski definition) is 0. The number of thiazole rings is 1. The first-order valence-electron chi connectivity index (χ1n) is 7.71. The van der Waals surface area contributed by atoms with Crippen LogP contribution < -0.4 is 4.80 Å². The molecule has 0 saturated heterocycles. The molecule has 0 aliphatic heterocycles. The maximum atomic E-state index is 12.2. The van der Waals surface area contributed by atoms with Crippen LogP contribution in [-0.4, -0.2) is 15.4 Å². The van der Waals surface area contributed by atoms with Crippen LogP contribution in [0.3, 0.4) is 0 Å². The summed E-state index contributed by atoms with van der Waals surface area (Å²) in [5.74, 6) is 2.09. The van der Waals surface area contributed by atoms with E-state index < -0.39 is 10.8 Å². The largest absolute Gasteiger partial charge is 0.305 e. The minimum absolute atomic E-state index is 0.0116. The Morgan fingerprint density at radius 1 is 1.33 bits per heavy atom. The van der Waals surface area contributed by atoms with Gasteiger partial charge in [-0.25, -0.2) is 0 Å². The van der Waals surface area contributed by atoms with E-state index in [1.807, 2.05) is 6.07 Å². The minimum atomic E-state index is -0.480. The zero-order valence-electron chi connectivity index (χ0n) is 13.8. The van der Waals surface area contributed by atoms with Gasteiger partial charge in [-0.3, -0.25) is 14.9 Å². The Kier molecular flexibility index (Phi) is 5.50. The van der Waals surface area contributed by atoms with E-state index in [1.54, 1.807) is 34.9 Å². The Bertz CT molecular complexity index is 1170. The van der Waals surface area contributed by atoms with Crippen LogP contribution in [0.5, 0.6) is 0 Å². The minimum Gasteiger partial charge on any atom is -0.305 e. The number of benzene rings is 2. The summed E-state index contributed by atoms with van der Waals surface area (Å²) in [6, 6.07) is 11.2. The molecule has 0 fully saturated rings. The van der Waals surface area contributed by atoms with E-state index in [-0.39, 0.29) is 12.2 Å². The Hall–Kier alpha value is -3.21. The van der Waals surface area contributed by atoms with Gasteiger partial charge in [-0.1, -0.05) is 28.9 Å². The number of carbonyl (C=O) groups excluding carboxylic acids is 1. The highest BCUT2D eigenvalue weighted by atomic mass is 35.5. The summed E-state index contributed by atoms with van der Waals surface area (Å²) in [7, 11) is 0. The van der Waals surface area contributed by atoms with Crippen LogP contribution in [0.15, 0.2) is 53.5 Å². The summed E-state index contributed by atoms with van der Waals surface area (Å²) in [5, 5.41) is 11.2. The van der Waals surface area contributed by atoms with Gasteiger partial charge in [-0.2, -0.15) is 4.99 Å². The fraction of sp³-hybridized carbons (Fsp3) is 0.0526. The number of nitro benzene ring substituents is 1. The number of hydrogen-bond acceptors (Lipinski definition) is 4. The van der Waals surface area contributed by atoms with Crippen molar-refractivity contribution in [2.45, 2.75) is 6.54 Å². The van der Waals surface area contributed by atoms with E-state index in [9.17, 15) is 14.9 Å². The second kappa shape index (κ2) is 7.99. The van der Waals surface area contributed by atoms with Gasteiger partial charge in [0.25, 0.3) is 11.6 Å². The number of rotatable bonds is 4. The van der Waals surface area contributed by atoms with Gasteiger partial charge < -0.3 is 4.57 Å². The van der Waals surface area contributed by atoms with Crippen molar-refractivity contribution in [3.8, 4) is 12.3 Å². The van der Waals surface area contributed by atoms with Crippen LogP contribution in [0.2, 0.25) is 5.02 Å². The van der Waals surface area contributed by atoms with E-state index >= 15 is 0 Å². The molecule has 1 aromatic heterocycles. The monoisotopic (exact) mass is 397 g/mol. The topological polar surface area (TPSA) is 77.5 Å². The Morgan fingerprint density at radius 2 is 2.07 bits per heavy atom. The molecule has 3 rings (SSSR count). The molecule has 2 aromatic carbocycles. The first-order chi connectivity index (χ1) is 13.0. The number of nitrogens with zero attached hydrogens (tertiary/aromatic N) is 3. The van der Waals surface area contributed by atoms with Gasteiger partial charge >= 0.3 is 0 Å². The number of nitro groups is 1. The smallest absolute Gasteiger partial charge is 0.272 e. The molecule has 0 saturated carbocycles. The van der Waals surface area contributed by atoms with Crippen molar-refractivity contribution >= 4 is 50.8 Å².